The van der Waals surface area contributed by atoms with Crippen molar-refractivity contribution in [1.29, 1.82) is 0 Å². The Balaban J connectivity index is 0.00000388. The fourth-order valence-electron chi connectivity index (χ4n) is 10.4. The van der Waals surface area contributed by atoms with Gasteiger partial charge in [0.05, 0.1) is 25.0 Å². The van der Waals surface area contributed by atoms with E-state index in [4.69, 9.17) is 44.3 Å². The van der Waals surface area contributed by atoms with Crippen LogP contribution in [0, 0.1) is 5.92 Å². The summed E-state index contributed by atoms with van der Waals surface area (Å²) < 4.78 is 31.7. The lowest BCUT2D eigenvalue weighted by atomic mass is 10.0. The van der Waals surface area contributed by atoms with Crippen molar-refractivity contribution < 1.29 is 86.0 Å². The highest BCUT2D eigenvalue weighted by Crippen LogP contribution is 2.22. The van der Waals surface area contributed by atoms with Gasteiger partial charge in [-0.1, -0.05) is 56.3 Å². The van der Waals surface area contributed by atoms with Crippen LogP contribution in [0.5, 0.6) is 5.75 Å². The molecule has 40 heteroatoms. The number of nitrogens with one attached hydrogen (secondary N) is 10. The number of nitrogens with two attached hydrogens (primary N) is 6. The number of aliphatic hydroxyl groups excluding tert-OH is 1. The van der Waals surface area contributed by atoms with E-state index in [0.717, 1.165) is 0 Å². The molecule has 0 spiro atoms. The monoisotopic (exact) mass is 1520 g/mol. The number of imidazole rings is 1. The molecule has 1 fully saturated rings. The number of guanidine groups is 2. The van der Waals surface area contributed by atoms with Crippen molar-refractivity contribution in [2.24, 2.45) is 50.3 Å². The molecule has 11 amide bonds. The van der Waals surface area contributed by atoms with Crippen LogP contribution in [0.4, 0.5) is 13.2 Å². The molecule has 105 heavy (non-hydrogen) atoms. The van der Waals surface area contributed by atoms with Gasteiger partial charge in [0.25, 0.3) is 0 Å². The highest BCUT2D eigenvalue weighted by molar-refractivity contribution is 7.98. The molecule has 0 unspecified atom stereocenters. The van der Waals surface area contributed by atoms with Crippen molar-refractivity contribution in [3.63, 3.8) is 0 Å². The average molecular weight is 1520 g/mol. The van der Waals surface area contributed by atoms with Crippen LogP contribution < -0.4 is 82.3 Å². The van der Waals surface area contributed by atoms with E-state index in [-0.39, 0.29) is 114 Å². The largest absolute Gasteiger partial charge is 0.508 e. The third-order valence-electron chi connectivity index (χ3n) is 15.8. The zero-order valence-corrected chi connectivity index (χ0v) is 60.6. The number of carboxylic acids is 1. The van der Waals surface area contributed by atoms with Gasteiger partial charge in [0.2, 0.25) is 65.0 Å². The van der Waals surface area contributed by atoms with Crippen LogP contribution in [-0.2, 0) is 76.8 Å². The molecule has 0 saturated carbocycles. The number of aliphatic imine (C=N–C) groups is 2. The minimum atomic E-state index is -5.08. The van der Waals surface area contributed by atoms with E-state index in [1.54, 1.807) is 36.6 Å². The molecule has 1 aliphatic heterocycles. The number of aromatic hydroxyl groups is 1. The van der Waals surface area contributed by atoms with E-state index in [1.165, 1.54) is 72.1 Å². The Kier molecular flexibility index (Phi) is 39.1. The second-order valence-electron chi connectivity index (χ2n) is 24.9. The van der Waals surface area contributed by atoms with Crippen molar-refractivity contribution in [3.05, 3.63) is 83.9 Å². The van der Waals surface area contributed by atoms with Gasteiger partial charge in [0, 0.05) is 50.8 Å². The molecule has 2 aromatic carbocycles. The minimum absolute atomic E-state index is 0.0160. The van der Waals surface area contributed by atoms with E-state index >= 15 is 0 Å². The standard InChI is InChI=1S/C63H98N20O13S2.C2HF3O2/c1-35(2)28-45(57(92)76-42(52(65)87)21-26-97-4)75-50(86)33-73-54(89)46(30-38-17-19-40(85)20-18-38)80-58(93)47(29-37-12-7-6-8-13-37)81-55(90)44(22-27-98-5)78-60(95)49-16-11-25-83(49)61(96)51(36(3)84)82-56(91)43(15-10-24-72-63(68)69)77-59(94)48(31-39-32-70-34-74-39)79-53(88)41(64)14-9-23-71-62(66)67;3-2(4,5)1(6)7/h6-8,12-13,17-20,32,34-36,41-49,51,84-85H,9-11,14-16,21-31,33,64H2,1-5H3,(H2,65,87)(H,70,74)(H,73,89)(H,75,86)(H,76,92)(H,77,94)(H,78,95)(H,79,88)(H,80,93)(H,81,90)(H,82,91)(H4,66,67,71)(H4,68,69,72);(H,6,7)/t36-,41+,42+,43+,44+,45+,46+,47+,48+,49+,51+;/m1./s1. The lowest BCUT2D eigenvalue weighted by Crippen LogP contribution is -2.62. The van der Waals surface area contributed by atoms with Crippen molar-refractivity contribution in [2.45, 2.75) is 171 Å². The summed E-state index contributed by atoms with van der Waals surface area (Å²) in [6, 6.07) is 1.38. The van der Waals surface area contributed by atoms with Gasteiger partial charge in [-0.25, -0.2) is 9.78 Å². The zero-order chi connectivity index (χ0) is 78.5. The number of carbonyl (C=O) groups excluding carboxylic acids is 11. The van der Waals surface area contributed by atoms with Crippen LogP contribution in [0.2, 0.25) is 0 Å². The number of H-pyrrole nitrogens is 1. The van der Waals surface area contributed by atoms with Crippen molar-refractivity contribution in [1.82, 2.24) is 62.7 Å². The summed E-state index contributed by atoms with van der Waals surface area (Å²) in [5, 5.41) is 52.3. The number of aliphatic carboxylic acids is 1. The second kappa shape index (κ2) is 46.0. The molecule has 582 valence electrons. The molecule has 3 aromatic rings. The van der Waals surface area contributed by atoms with Gasteiger partial charge in [-0.3, -0.25) is 62.7 Å². The lowest BCUT2D eigenvalue weighted by Gasteiger charge is -2.32. The predicted molar refractivity (Wildman–Crippen MR) is 385 cm³/mol. The number of phenols is 1. The van der Waals surface area contributed by atoms with Crippen LogP contribution in [0.3, 0.4) is 0 Å². The number of thioether (sulfide) groups is 2. The molecule has 35 nitrogen and oxygen atoms in total. The lowest BCUT2D eigenvalue weighted by molar-refractivity contribution is -0.192. The van der Waals surface area contributed by atoms with E-state index in [0.29, 0.717) is 34.7 Å². The van der Waals surface area contributed by atoms with E-state index < -0.39 is 150 Å². The number of aromatic amines is 1. The number of rotatable bonds is 43. The fraction of sp³-hybridized carbons (Fsp3) is 0.554. The smallest absolute Gasteiger partial charge is 0.490 e. The Morgan fingerprint density at radius 3 is 1.64 bits per heavy atom. The first kappa shape index (κ1) is 89.3. The Hall–Kier alpha value is -9.96. The second-order valence-corrected chi connectivity index (χ2v) is 26.8. The molecule has 0 radical (unpaired) electrons. The number of aromatic nitrogens is 2. The van der Waals surface area contributed by atoms with Gasteiger partial charge in [0.15, 0.2) is 11.9 Å². The summed E-state index contributed by atoms with van der Waals surface area (Å²) in [6.45, 7) is 4.44. The number of hydrogen-bond donors (Lipinski definition) is 19. The molecule has 1 aliphatic rings. The number of amides is 11. The quantitative estimate of drug-likeness (QED) is 0.0149. The molecule has 4 rings (SSSR count). The maximum Gasteiger partial charge on any atom is 0.490 e. The molecule has 0 aliphatic carbocycles. The number of carboxylic acid groups (broad SMARTS) is 1. The Morgan fingerprint density at radius 1 is 0.629 bits per heavy atom. The van der Waals surface area contributed by atoms with Gasteiger partial charge >= 0.3 is 12.1 Å². The highest BCUT2D eigenvalue weighted by Gasteiger charge is 2.42. The van der Waals surface area contributed by atoms with Gasteiger partial charge in [0.1, 0.15) is 60.1 Å². The molecule has 1 saturated heterocycles. The average Bonchev–Trinajstić information content (AvgIpc) is 1.72. The van der Waals surface area contributed by atoms with Crippen LogP contribution in [-0.4, -0.2) is 236 Å². The molecular weight excluding hydrogens is 1420 g/mol. The summed E-state index contributed by atoms with van der Waals surface area (Å²) in [5.41, 5.74) is 35.2. The van der Waals surface area contributed by atoms with Crippen molar-refractivity contribution in [2.75, 3.05) is 50.2 Å². The fourth-order valence-corrected chi connectivity index (χ4v) is 11.4. The molecule has 1 aromatic heterocycles. The maximum atomic E-state index is 14.7. The number of aliphatic hydroxyl groups is 1. The number of halogens is 3. The molecule has 0 bridgehead atoms. The molecule has 25 N–H and O–H groups in total. The summed E-state index contributed by atoms with van der Waals surface area (Å²) >= 11 is 2.81. The Bertz CT molecular complexity index is 3390. The topological polar surface area (TPSA) is 587 Å². The number of benzene rings is 2. The minimum Gasteiger partial charge on any atom is -0.508 e. The Morgan fingerprint density at radius 2 is 1.11 bits per heavy atom. The number of hydrogen-bond acceptors (Lipinski definition) is 20. The van der Waals surface area contributed by atoms with E-state index in [2.05, 4.69) is 67.8 Å². The summed E-state index contributed by atoms with van der Waals surface area (Å²) in [7, 11) is 0. The first-order valence-corrected chi connectivity index (χ1v) is 36.2. The number of carbonyl (C=O) groups is 12. The maximum absolute atomic E-state index is 14.7. The first-order chi connectivity index (χ1) is 49.5. The predicted octanol–water partition coefficient (Wildman–Crippen LogP) is -3.39. The van der Waals surface area contributed by atoms with E-state index in [1.807, 2.05) is 20.1 Å². The number of alkyl halides is 3. The molecule has 2 heterocycles. The summed E-state index contributed by atoms with van der Waals surface area (Å²) in [6.07, 6.45) is 0.640. The van der Waals surface area contributed by atoms with E-state index in [9.17, 15) is 76.1 Å². The number of primary amides is 1. The SMILES string of the molecule is CSCC[C@H](NC(=O)[C@H](CC(C)C)NC(=O)CNC(=O)[C@H](Cc1ccc(O)cc1)NC(=O)[C@H](Cc1ccccc1)NC(=O)[C@H](CCSC)NC(=O)[C@@H]1CCCN1C(=O)[C@@H](NC(=O)[C@H](CCCN=C(N)N)NC(=O)[C@H](Cc1cnc[nH]1)NC(=O)[C@@H](N)CCCN=C(N)N)[C@@H](C)O)C(N)=O.O=C(O)C(F)(F)F. The van der Waals surface area contributed by atoms with Crippen LogP contribution in [0.25, 0.3) is 0 Å². The van der Waals surface area contributed by atoms with Gasteiger partial charge in [-0.2, -0.15) is 36.7 Å². The third kappa shape index (κ3) is 33.6. The molecule has 11 atom stereocenters. The first-order valence-electron chi connectivity index (χ1n) is 33.5. The third-order valence-corrected chi connectivity index (χ3v) is 17.1. The van der Waals surface area contributed by atoms with Crippen LogP contribution >= 0.6 is 23.5 Å². The zero-order valence-electron chi connectivity index (χ0n) is 59.0. The summed E-state index contributed by atoms with van der Waals surface area (Å²) in [5.74, 6) is -11.2. The summed E-state index contributed by atoms with van der Waals surface area (Å²) in [4.78, 5) is 179. The van der Waals surface area contributed by atoms with Crippen molar-refractivity contribution >= 4 is 106 Å². The van der Waals surface area contributed by atoms with Crippen LogP contribution in [0.15, 0.2) is 77.1 Å². The van der Waals surface area contributed by atoms with Crippen LogP contribution in [0.1, 0.15) is 95.4 Å². The van der Waals surface area contributed by atoms with Gasteiger partial charge in [-0.15, -0.1) is 0 Å². The van der Waals surface area contributed by atoms with Gasteiger partial charge < -0.3 is 107 Å². The van der Waals surface area contributed by atoms with Gasteiger partial charge in [-0.05, 0) is 118 Å². The number of likely N-dealkylation sites (tertiary alicyclic amines) is 1. The van der Waals surface area contributed by atoms with Crippen molar-refractivity contribution in [3.8, 4) is 5.75 Å². The molecular formula is C65H99F3N20O15S2. The Labute approximate surface area is 613 Å². The highest BCUT2D eigenvalue weighted by atomic mass is 32.2. The normalized spacial score (nSPS) is 15.4. The number of phenolic OH excluding ortho intramolecular Hbond substituents is 1. The number of nitrogens with zero attached hydrogens (tertiary/aromatic N) is 4.